The molecule has 1 aliphatic rings. The molecule has 2 N–H and O–H groups in total. The SMILES string of the molecule is CC(=O)S[C@@H]1CCC[C@]1(CCCNC(=O)OCc1ccccc1)C(=O)O. The van der Waals surface area contributed by atoms with Crippen LogP contribution in [0.1, 0.15) is 44.6 Å². The fraction of sp³-hybridized carbons (Fsp3) is 0.526. The van der Waals surface area contributed by atoms with E-state index in [0.29, 0.717) is 25.8 Å². The summed E-state index contributed by atoms with van der Waals surface area (Å²) in [5, 5.41) is 12.1. The number of aliphatic carboxylic acids is 1. The molecule has 0 aliphatic heterocycles. The van der Waals surface area contributed by atoms with Gasteiger partial charge in [-0.15, -0.1) is 0 Å². The Morgan fingerprint density at radius 3 is 2.69 bits per heavy atom. The summed E-state index contributed by atoms with van der Waals surface area (Å²) >= 11 is 1.14. The van der Waals surface area contributed by atoms with Crippen LogP contribution in [-0.4, -0.2) is 34.1 Å². The lowest BCUT2D eigenvalue weighted by Crippen LogP contribution is -2.38. The number of nitrogens with one attached hydrogen (secondary N) is 1. The van der Waals surface area contributed by atoms with Gasteiger partial charge in [0.05, 0.1) is 5.41 Å². The van der Waals surface area contributed by atoms with Crippen molar-refractivity contribution >= 4 is 28.9 Å². The summed E-state index contributed by atoms with van der Waals surface area (Å²) in [6.45, 7) is 2.02. The Bertz CT molecular complexity index is 636. The number of carbonyl (C=O) groups excluding carboxylic acids is 2. The maximum absolute atomic E-state index is 11.9. The van der Waals surface area contributed by atoms with Gasteiger partial charge in [-0.05, 0) is 31.2 Å². The number of hydrogen-bond donors (Lipinski definition) is 2. The van der Waals surface area contributed by atoms with E-state index < -0.39 is 17.5 Å². The first-order valence-electron chi connectivity index (χ1n) is 8.79. The van der Waals surface area contributed by atoms with Crippen LogP contribution >= 0.6 is 11.8 Å². The van der Waals surface area contributed by atoms with Gasteiger partial charge in [-0.1, -0.05) is 48.5 Å². The molecule has 1 aromatic carbocycles. The topological polar surface area (TPSA) is 92.7 Å². The minimum atomic E-state index is -0.883. The van der Waals surface area contributed by atoms with Crippen molar-refractivity contribution < 1.29 is 24.2 Å². The van der Waals surface area contributed by atoms with Crippen molar-refractivity contribution in [1.29, 1.82) is 0 Å². The normalized spacial score (nSPS) is 22.0. The van der Waals surface area contributed by atoms with Gasteiger partial charge >= 0.3 is 12.1 Å². The average molecular weight is 379 g/mol. The first kappa shape index (κ1) is 20.3. The molecule has 1 aromatic rings. The third-order valence-corrected chi connectivity index (χ3v) is 6.02. The van der Waals surface area contributed by atoms with Crippen LogP contribution in [0, 0.1) is 5.41 Å². The summed E-state index contributed by atoms with van der Waals surface area (Å²) in [5.74, 6) is -0.847. The predicted molar refractivity (Wildman–Crippen MR) is 99.8 cm³/mol. The number of carboxylic acid groups (broad SMARTS) is 1. The average Bonchev–Trinajstić information content (AvgIpc) is 3.01. The molecular formula is C19H25NO5S. The summed E-state index contributed by atoms with van der Waals surface area (Å²) in [6, 6.07) is 9.38. The zero-order valence-corrected chi connectivity index (χ0v) is 15.7. The van der Waals surface area contributed by atoms with Gasteiger partial charge in [-0.3, -0.25) is 9.59 Å². The summed E-state index contributed by atoms with van der Waals surface area (Å²) < 4.78 is 5.13. The van der Waals surface area contributed by atoms with E-state index >= 15 is 0 Å². The molecule has 0 unspecified atom stereocenters. The van der Waals surface area contributed by atoms with E-state index in [-0.39, 0.29) is 17.0 Å². The third kappa shape index (κ3) is 5.49. The number of carboxylic acids is 1. The minimum absolute atomic E-state index is 0.0508. The fourth-order valence-corrected chi connectivity index (χ4v) is 4.67. The highest BCUT2D eigenvalue weighted by Crippen LogP contribution is 2.48. The number of thioether (sulfide) groups is 1. The quantitative estimate of drug-likeness (QED) is 0.671. The van der Waals surface area contributed by atoms with Crippen molar-refractivity contribution in [3.8, 4) is 0 Å². The summed E-state index contributed by atoms with van der Waals surface area (Å²) in [6.07, 6.45) is 2.58. The van der Waals surface area contributed by atoms with Crippen LogP contribution in [0.4, 0.5) is 4.79 Å². The van der Waals surface area contributed by atoms with Crippen molar-refractivity contribution in [3.63, 3.8) is 0 Å². The van der Waals surface area contributed by atoms with Crippen LogP contribution < -0.4 is 5.32 Å². The van der Waals surface area contributed by atoms with Gasteiger partial charge in [0.15, 0.2) is 5.12 Å². The van der Waals surface area contributed by atoms with Gasteiger partial charge < -0.3 is 15.2 Å². The number of carbonyl (C=O) groups is 3. The number of rotatable bonds is 8. The standard InChI is InChI=1S/C19H25NO5S/c1-14(21)26-16-9-5-10-19(16,17(22)23)11-6-12-20-18(24)25-13-15-7-3-2-4-8-15/h2-4,7-8,16H,5-6,9-13H2,1H3,(H,20,24)(H,22,23)/t16-,19-/m1/s1. The van der Waals surface area contributed by atoms with Crippen LogP contribution in [0.25, 0.3) is 0 Å². The minimum Gasteiger partial charge on any atom is -0.481 e. The highest BCUT2D eigenvalue weighted by molar-refractivity contribution is 8.14. The van der Waals surface area contributed by atoms with E-state index in [4.69, 9.17) is 4.74 Å². The molecule has 0 spiro atoms. The van der Waals surface area contributed by atoms with Crippen LogP contribution in [0.15, 0.2) is 30.3 Å². The van der Waals surface area contributed by atoms with E-state index in [2.05, 4.69) is 5.32 Å². The van der Waals surface area contributed by atoms with E-state index in [1.54, 1.807) is 0 Å². The molecule has 1 saturated carbocycles. The Balaban J connectivity index is 1.76. The number of amides is 1. The zero-order chi connectivity index (χ0) is 19.0. The second-order valence-electron chi connectivity index (χ2n) is 6.54. The van der Waals surface area contributed by atoms with Gasteiger partial charge in [0.2, 0.25) is 0 Å². The zero-order valence-electron chi connectivity index (χ0n) is 14.9. The molecule has 1 fully saturated rings. The van der Waals surface area contributed by atoms with Crippen molar-refractivity contribution in [2.45, 2.75) is 50.9 Å². The van der Waals surface area contributed by atoms with Crippen molar-refractivity contribution in [3.05, 3.63) is 35.9 Å². The molecule has 2 atom stereocenters. The highest BCUT2D eigenvalue weighted by atomic mass is 32.2. The Hall–Kier alpha value is -2.02. The van der Waals surface area contributed by atoms with Gasteiger partial charge in [0.1, 0.15) is 6.61 Å². The molecule has 0 heterocycles. The maximum atomic E-state index is 11.9. The number of alkyl carbamates (subject to hydrolysis) is 1. The largest absolute Gasteiger partial charge is 0.481 e. The first-order valence-corrected chi connectivity index (χ1v) is 9.67. The van der Waals surface area contributed by atoms with Crippen molar-refractivity contribution in [2.75, 3.05) is 6.54 Å². The van der Waals surface area contributed by atoms with Crippen molar-refractivity contribution in [1.82, 2.24) is 5.32 Å². The predicted octanol–water partition coefficient (Wildman–Crippen LogP) is 3.60. The summed E-state index contributed by atoms with van der Waals surface area (Å²) in [4.78, 5) is 35.0. The molecule has 6 nitrogen and oxygen atoms in total. The van der Waals surface area contributed by atoms with E-state index in [0.717, 1.165) is 30.2 Å². The molecule has 26 heavy (non-hydrogen) atoms. The second-order valence-corrected chi connectivity index (χ2v) is 7.92. The Kier molecular flexibility index (Phi) is 7.50. The molecule has 7 heteroatoms. The van der Waals surface area contributed by atoms with Gasteiger partial charge in [-0.2, -0.15) is 0 Å². The Labute approximate surface area is 157 Å². The number of ether oxygens (including phenoxy) is 1. The molecule has 1 aliphatic carbocycles. The molecule has 142 valence electrons. The van der Waals surface area contributed by atoms with Gasteiger partial charge in [0.25, 0.3) is 0 Å². The lowest BCUT2D eigenvalue weighted by Gasteiger charge is -2.30. The second kappa shape index (κ2) is 9.62. The van der Waals surface area contributed by atoms with E-state index in [1.165, 1.54) is 6.92 Å². The highest BCUT2D eigenvalue weighted by Gasteiger charge is 2.49. The molecular weight excluding hydrogens is 354 g/mol. The lowest BCUT2D eigenvalue weighted by atomic mass is 9.81. The lowest BCUT2D eigenvalue weighted by molar-refractivity contribution is -0.148. The third-order valence-electron chi connectivity index (χ3n) is 4.72. The van der Waals surface area contributed by atoms with E-state index in [1.807, 2.05) is 30.3 Å². The maximum Gasteiger partial charge on any atom is 0.407 e. The molecule has 0 radical (unpaired) electrons. The monoisotopic (exact) mass is 379 g/mol. The number of benzene rings is 1. The molecule has 2 rings (SSSR count). The van der Waals surface area contributed by atoms with Gasteiger partial charge in [-0.25, -0.2) is 4.79 Å². The smallest absolute Gasteiger partial charge is 0.407 e. The van der Waals surface area contributed by atoms with Gasteiger partial charge in [0, 0.05) is 18.7 Å². The van der Waals surface area contributed by atoms with Crippen LogP contribution in [0.5, 0.6) is 0 Å². The van der Waals surface area contributed by atoms with Crippen LogP contribution in [-0.2, 0) is 20.9 Å². The van der Waals surface area contributed by atoms with Crippen LogP contribution in [0.3, 0.4) is 0 Å². The molecule has 0 saturated heterocycles. The fourth-order valence-electron chi connectivity index (χ4n) is 3.42. The van der Waals surface area contributed by atoms with Crippen molar-refractivity contribution in [2.24, 2.45) is 5.41 Å². The molecule has 0 bridgehead atoms. The van der Waals surface area contributed by atoms with E-state index in [9.17, 15) is 19.5 Å². The molecule has 0 aromatic heterocycles. The summed E-state index contributed by atoms with van der Waals surface area (Å²) in [5.41, 5.74) is 0.0221. The first-order chi connectivity index (χ1) is 12.4. The summed E-state index contributed by atoms with van der Waals surface area (Å²) in [7, 11) is 0. The number of hydrogen-bond acceptors (Lipinski definition) is 5. The Morgan fingerprint density at radius 1 is 1.31 bits per heavy atom. The molecule has 1 amide bonds. The Morgan fingerprint density at radius 2 is 2.04 bits per heavy atom. The van der Waals surface area contributed by atoms with Crippen LogP contribution in [0.2, 0.25) is 0 Å².